The number of ether oxygens (including phenoxy) is 2. The summed E-state index contributed by atoms with van der Waals surface area (Å²) in [5.74, 6) is 0.852. The van der Waals surface area contributed by atoms with Gasteiger partial charge in [-0.3, -0.25) is 4.79 Å². The second kappa shape index (κ2) is 12.0. The Balaban J connectivity index is 1.33. The monoisotopic (exact) mass is 424 g/mol. The molecule has 3 rings (SSSR count). The molecule has 1 aromatic carbocycles. The van der Waals surface area contributed by atoms with Crippen LogP contribution in [-0.2, 0) is 20.9 Å². The Morgan fingerprint density at radius 1 is 1.16 bits per heavy atom. The predicted molar refractivity (Wildman–Crippen MR) is 115 cm³/mol. The molecule has 0 radical (unpaired) electrons. The van der Waals surface area contributed by atoms with E-state index in [1.165, 1.54) is 0 Å². The number of nitrogens with zero attached hydrogens (tertiary/aromatic N) is 4. The lowest BCUT2D eigenvalue weighted by Crippen LogP contribution is -2.49. The molecule has 1 amide bonds. The minimum absolute atomic E-state index is 0.0364. The van der Waals surface area contributed by atoms with Crippen LogP contribution in [0.15, 0.2) is 48.7 Å². The van der Waals surface area contributed by atoms with Crippen molar-refractivity contribution in [1.29, 1.82) is 5.26 Å². The molecule has 1 atom stereocenters. The van der Waals surface area contributed by atoms with Crippen LogP contribution in [0.3, 0.4) is 0 Å². The summed E-state index contributed by atoms with van der Waals surface area (Å²) in [6.45, 7) is 3.44. The number of anilines is 1. The van der Waals surface area contributed by atoms with Gasteiger partial charge in [-0.05, 0) is 17.7 Å². The molecule has 0 aliphatic carbocycles. The third-order valence-corrected chi connectivity index (χ3v) is 5.12. The molecule has 2 aromatic rings. The summed E-state index contributed by atoms with van der Waals surface area (Å²) in [5.41, 5.74) is 1.59. The molecule has 0 spiro atoms. The third kappa shape index (κ3) is 7.03. The zero-order valence-electron chi connectivity index (χ0n) is 17.5. The second-order valence-electron chi connectivity index (χ2n) is 7.31. The van der Waals surface area contributed by atoms with Crippen LogP contribution in [-0.4, -0.2) is 73.0 Å². The maximum absolute atomic E-state index is 12.5. The van der Waals surface area contributed by atoms with Crippen LogP contribution in [0.5, 0.6) is 0 Å². The van der Waals surface area contributed by atoms with E-state index >= 15 is 0 Å². The summed E-state index contributed by atoms with van der Waals surface area (Å²) < 4.78 is 11.2. The van der Waals surface area contributed by atoms with Crippen LogP contribution in [0.25, 0.3) is 0 Å². The van der Waals surface area contributed by atoms with E-state index in [0.29, 0.717) is 38.3 Å². The second-order valence-corrected chi connectivity index (χ2v) is 7.31. The fraction of sp³-hybridized carbons (Fsp3) is 0.435. The van der Waals surface area contributed by atoms with Gasteiger partial charge < -0.3 is 24.4 Å². The Bertz CT molecular complexity index is 846. The first-order valence-corrected chi connectivity index (χ1v) is 10.4. The molecule has 2 heterocycles. The maximum Gasteiger partial charge on any atom is 0.225 e. The summed E-state index contributed by atoms with van der Waals surface area (Å²) in [6, 6.07) is 15.4. The molecule has 0 bridgehead atoms. The molecule has 1 aliphatic rings. The number of carbonyl (C=O) groups excluding carboxylic acids is 1. The Kier molecular flexibility index (Phi) is 8.79. The Morgan fingerprint density at radius 2 is 1.94 bits per heavy atom. The first kappa shape index (κ1) is 22.7. The number of amides is 1. The number of hydrogen-bond acceptors (Lipinski definition) is 7. The molecular weight excluding hydrogens is 396 g/mol. The number of benzene rings is 1. The molecule has 1 fully saturated rings. The molecule has 164 valence electrons. The van der Waals surface area contributed by atoms with Crippen LogP contribution < -0.4 is 4.90 Å². The number of aliphatic hydroxyl groups is 1. The highest BCUT2D eigenvalue weighted by atomic mass is 16.5. The van der Waals surface area contributed by atoms with Gasteiger partial charge in [-0.1, -0.05) is 30.3 Å². The SMILES string of the molecule is N#Cc1ccc(N2CCN(C(=O)CCOC(CO)COCc3ccccc3)CC2)nc1. The van der Waals surface area contributed by atoms with E-state index in [2.05, 4.69) is 16.0 Å². The smallest absolute Gasteiger partial charge is 0.225 e. The van der Waals surface area contributed by atoms with Gasteiger partial charge in [-0.25, -0.2) is 4.98 Å². The first-order valence-electron chi connectivity index (χ1n) is 10.4. The summed E-state index contributed by atoms with van der Waals surface area (Å²) in [7, 11) is 0. The molecule has 0 saturated carbocycles. The molecule has 31 heavy (non-hydrogen) atoms. The van der Waals surface area contributed by atoms with Crippen LogP contribution in [0, 0.1) is 11.3 Å². The normalized spacial score (nSPS) is 14.8. The van der Waals surface area contributed by atoms with Gasteiger partial charge >= 0.3 is 0 Å². The zero-order valence-corrected chi connectivity index (χ0v) is 17.5. The fourth-order valence-corrected chi connectivity index (χ4v) is 3.33. The van der Waals surface area contributed by atoms with Gasteiger partial charge in [0.25, 0.3) is 0 Å². The molecule has 1 aromatic heterocycles. The lowest BCUT2D eigenvalue weighted by Gasteiger charge is -2.35. The lowest BCUT2D eigenvalue weighted by molar-refractivity contribution is -0.134. The average molecular weight is 425 g/mol. The van der Waals surface area contributed by atoms with Gasteiger partial charge in [0.1, 0.15) is 18.0 Å². The van der Waals surface area contributed by atoms with Crippen molar-refractivity contribution in [3.8, 4) is 6.07 Å². The van der Waals surface area contributed by atoms with E-state index < -0.39 is 6.10 Å². The third-order valence-electron chi connectivity index (χ3n) is 5.12. The largest absolute Gasteiger partial charge is 0.394 e. The van der Waals surface area contributed by atoms with Crippen molar-refractivity contribution in [1.82, 2.24) is 9.88 Å². The van der Waals surface area contributed by atoms with E-state index in [4.69, 9.17) is 14.7 Å². The van der Waals surface area contributed by atoms with Crippen LogP contribution in [0.4, 0.5) is 5.82 Å². The highest BCUT2D eigenvalue weighted by Crippen LogP contribution is 2.14. The number of piperazine rings is 1. The standard InChI is InChI=1S/C23H28N4O4/c24-14-20-6-7-22(25-15-20)26-9-11-27(12-10-26)23(29)8-13-31-21(16-28)18-30-17-19-4-2-1-3-5-19/h1-7,15,21,28H,8-13,16-18H2. The number of aliphatic hydroxyl groups excluding tert-OH is 1. The molecule has 1 saturated heterocycles. The topological polar surface area (TPSA) is 98.9 Å². The van der Waals surface area contributed by atoms with E-state index in [1.807, 2.05) is 41.3 Å². The first-order chi connectivity index (χ1) is 15.2. The minimum Gasteiger partial charge on any atom is -0.394 e. The fourth-order valence-electron chi connectivity index (χ4n) is 3.33. The van der Waals surface area contributed by atoms with Gasteiger partial charge in [0.15, 0.2) is 0 Å². The summed E-state index contributed by atoms with van der Waals surface area (Å²) in [6.07, 6.45) is 1.38. The molecule has 8 nitrogen and oxygen atoms in total. The Labute approximate surface area is 182 Å². The lowest BCUT2D eigenvalue weighted by atomic mass is 10.2. The zero-order chi connectivity index (χ0) is 21.9. The summed E-state index contributed by atoms with van der Waals surface area (Å²) >= 11 is 0. The van der Waals surface area contributed by atoms with Gasteiger partial charge in [0, 0.05) is 32.4 Å². The van der Waals surface area contributed by atoms with Crippen molar-refractivity contribution in [2.75, 3.05) is 50.9 Å². The van der Waals surface area contributed by atoms with Crippen molar-refractivity contribution in [2.45, 2.75) is 19.1 Å². The van der Waals surface area contributed by atoms with Crippen molar-refractivity contribution >= 4 is 11.7 Å². The minimum atomic E-state index is -0.448. The van der Waals surface area contributed by atoms with Gasteiger partial charge in [-0.15, -0.1) is 0 Å². The highest BCUT2D eigenvalue weighted by Gasteiger charge is 2.22. The number of hydrogen-bond donors (Lipinski definition) is 1. The van der Waals surface area contributed by atoms with Crippen molar-refractivity contribution in [3.05, 3.63) is 59.8 Å². The Hall–Kier alpha value is -2.99. The Morgan fingerprint density at radius 3 is 2.58 bits per heavy atom. The average Bonchev–Trinajstić information content (AvgIpc) is 2.84. The highest BCUT2D eigenvalue weighted by molar-refractivity contribution is 5.76. The number of aromatic nitrogens is 1. The quantitative estimate of drug-likeness (QED) is 0.618. The van der Waals surface area contributed by atoms with E-state index in [9.17, 15) is 9.90 Å². The van der Waals surface area contributed by atoms with E-state index in [1.54, 1.807) is 12.3 Å². The van der Waals surface area contributed by atoms with Gasteiger partial charge in [-0.2, -0.15) is 5.26 Å². The van der Waals surface area contributed by atoms with Gasteiger partial charge in [0.2, 0.25) is 5.91 Å². The number of pyridine rings is 1. The predicted octanol–water partition coefficient (Wildman–Crippen LogP) is 1.59. The van der Waals surface area contributed by atoms with E-state index in [0.717, 1.165) is 11.4 Å². The molecule has 1 unspecified atom stereocenters. The maximum atomic E-state index is 12.5. The van der Waals surface area contributed by atoms with Crippen LogP contribution in [0.1, 0.15) is 17.5 Å². The van der Waals surface area contributed by atoms with Crippen LogP contribution in [0.2, 0.25) is 0 Å². The molecule has 1 N–H and O–H groups in total. The van der Waals surface area contributed by atoms with Crippen molar-refractivity contribution in [3.63, 3.8) is 0 Å². The molecular formula is C23H28N4O4. The molecule has 1 aliphatic heterocycles. The summed E-state index contributed by atoms with van der Waals surface area (Å²) in [4.78, 5) is 20.7. The number of carbonyl (C=O) groups is 1. The number of nitriles is 1. The number of rotatable bonds is 10. The van der Waals surface area contributed by atoms with E-state index in [-0.39, 0.29) is 32.1 Å². The summed E-state index contributed by atoms with van der Waals surface area (Å²) in [5, 5.41) is 18.3. The van der Waals surface area contributed by atoms with Crippen LogP contribution >= 0.6 is 0 Å². The molecule has 8 heteroatoms. The van der Waals surface area contributed by atoms with Gasteiger partial charge in [0.05, 0.1) is 38.4 Å². The van der Waals surface area contributed by atoms with Crippen molar-refractivity contribution in [2.24, 2.45) is 0 Å². The van der Waals surface area contributed by atoms with Crippen molar-refractivity contribution < 1.29 is 19.4 Å².